The zero-order valence-electron chi connectivity index (χ0n) is 15.4. The third-order valence-electron chi connectivity index (χ3n) is 4.49. The lowest BCUT2D eigenvalue weighted by Crippen LogP contribution is -2.32. The van der Waals surface area contributed by atoms with Gasteiger partial charge in [-0.2, -0.15) is 0 Å². The van der Waals surface area contributed by atoms with E-state index in [2.05, 4.69) is 15.5 Å². The van der Waals surface area contributed by atoms with E-state index in [0.717, 1.165) is 24.2 Å². The van der Waals surface area contributed by atoms with Crippen molar-refractivity contribution in [3.8, 4) is 0 Å². The molecule has 0 aliphatic heterocycles. The molecule has 1 saturated carbocycles. The molecule has 1 aliphatic rings. The molecule has 1 unspecified atom stereocenters. The summed E-state index contributed by atoms with van der Waals surface area (Å²) in [6, 6.07) is 9.82. The van der Waals surface area contributed by atoms with Crippen molar-refractivity contribution < 1.29 is 9.59 Å². The van der Waals surface area contributed by atoms with Crippen LogP contribution in [-0.4, -0.2) is 31.8 Å². The van der Waals surface area contributed by atoms with Crippen LogP contribution in [0.2, 0.25) is 0 Å². The number of carbonyl (C=O) groups is 2. The van der Waals surface area contributed by atoms with E-state index >= 15 is 0 Å². The Kier molecular flexibility index (Phi) is 6.49. The van der Waals surface area contributed by atoms with Gasteiger partial charge >= 0.3 is 0 Å². The molecule has 27 heavy (non-hydrogen) atoms. The lowest BCUT2D eigenvalue weighted by molar-refractivity contribution is -0.121. The number of hydrogen-bond acceptors (Lipinski definition) is 5. The highest BCUT2D eigenvalue weighted by molar-refractivity contribution is 8.00. The van der Waals surface area contributed by atoms with Gasteiger partial charge in [-0.3, -0.25) is 9.59 Å². The molecule has 8 heteroatoms. The van der Waals surface area contributed by atoms with E-state index in [1.807, 2.05) is 41.8 Å². The minimum atomic E-state index is -0.353. The fourth-order valence-corrected chi connectivity index (χ4v) is 3.82. The van der Waals surface area contributed by atoms with E-state index in [1.54, 1.807) is 0 Å². The summed E-state index contributed by atoms with van der Waals surface area (Å²) in [5.41, 5.74) is 6.37. The number of nitrogens with one attached hydrogen (secondary N) is 1. The van der Waals surface area contributed by atoms with Crippen LogP contribution in [0.5, 0.6) is 0 Å². The fourth-order valence-electron chi connectivity index (χ4n) is 2.81. The Morgan fingerprint density at radius 1 is 1.30 bits per heavy atom. The lowest BCUT2D eigenvalue weighted by atomic mass is 10.2. The molecule has 2 aromatic rings. The number of primary amides is 1. The Hall–Kier alpha value is -2.35. The van der Waals surface area contributed by atoms with Crippen LogP contribution in [-0.2, 0) is 22.7 Å². The second-order valence-electron chi connectivity index (χ2n) is 6.70. The number of nitrogens with two attached hydrogens (primary N) is 1. The normalized spacial score (nSPS) is 14.7. The molecule has 1 aromatic carbocycles. The standard InChI is InChI=1S/C19H25N5O2S/c1-2-15(18(26)21-12-13-6-4-3-5-7-13)27-19-23-22-17(14-8-9-14)24(19)11-10-16(20)25/h3-7,14-15H,2,8-12H2,1H3,(H2,20,25)(H,21,26). The molecule has 3 N–H and O–H groups in total. The number of aromatic nitrogens is 3. The average Bonchev–Trinajstić information content (AvgIpc) is 3.44. The Balaban J connectivity index is 1.66. The second kappa shape index (κ2) is 9.03. The van der Waals surface area contributed by atoms with Crippen molar-refractivity contribution in [2.75, 3.05) is 0 Å². The van der Waals surface area contributed by atoms with Crippen molar-refractivity contribution >= 4 is 23.6 Å². The van der Waals surface area contributed by atoms with Gasteiger partial charge in [0.15, 0.2) is 5.16 Å². The van der Waals surface area contributed by atoms with Crippen LogP contribution < -0.4 is 11.1 Å². The van der Waals surface area contributed by atoms with E-state index in [-0.39, 0.29) is 23.5 Å². The van der Waals surface area contributed by atoms with Crippen molar-refractivity contribution in [1.82, 2.24) is 20.1 Å². The highest BCUT2D eigenvalue weighted by Crippen LogP contribution is 2.40. The Morgan fingerprint density at radius 2 is 2.04 bits per heavy atom. The molecule has 3 rings (SSSR count). The van der Waals surface area contributed by atoms with E-state index in [1.165, 1.54) is 11.8 Å². The fraction of sp³-hybridized carbons (Fsp3) is 0.474. The first kappa shape index (κ1) is 19.4. The maximum Gasteiger partial charge on any atom is 0.233 e. The molecule has 7 nitrogen and oxygen atoms in total. The first-order valence-electron chi connectivity index (χ1n) is 9.28. The highest BCUT2D eigenvalue weighted by atomic mass is 32.2. The summed E-state index contributed by atoms with van der Waals surface area (Å²) in [6.07, 6.45) is 3.09. The van der Waals surface area contributed by atoms with Crippen LogP contribution >= 0.6 is 11.8 Å². The van der Waals surface area contributed by atoms with Crippen molar-refractivity contribution in [3.05, 3.63) is 41.7 Å². The number of amides is 2. The number of rotatable bonds is 10. The summed E-state index contributed by atoms with van der Waals surface area (Å²) in [4.78, 5) is 23.8. The largest absolute Gasteiger partial charge is 0.370 e. The zero-order valence-corrected chi connectivity index (χ0v) is 16.2. The number of benzene rings is 1. The highest BCUT2D eigenvalue weighted by Gasteiger charge is 2.31. The SMILES string of the molecule is CCC(Sc1nnc(C2CC2)n1CCC(N)=O)C(=O)NCc1ccccc1. The number of nitrogens with zero attached hydrogens (tertiary/aromatic N) is 3. The molecule has 1 atom stereocenters. The monoisotopic (exact) mass is 387 g/mol. The molecule has 1 aliphatic carbocycles. The zero-order chi connectivity index (χ0) is 19.2. The van der Waals surface area contributed by atoms with E-state index < -0.39 is 0 Å². The van der Waals surface area contributed by atoms with Gasteiger partial charge in [-0.15, -0.1) is 10.2 Å². The smallest absolute Gasteiger partial charge is 0.233 e. The van der Waals surface area contributed by atoms with Crippen molar-refractivity contribution in [2.45, 2.75) is 62.0 Å². The average molecular weight is 388 g/mol. The summed E-state index contributed by atoms with van der Waals surface area (Å²) in [6.45, 7) is 2.93. The summed E-state index contributed by atoms with van der Waals surface area (Å²) in [5, 5.41) is 12.0. The molecule has 0 radical (unpaired) electrons. The third kappa shape index (κ3) is 5.32. The van der Waals surface area contributed by atoms with Crippen molar-refractivity contribution in [1.29, 1.82) is 0 Å². The number of thioether (sulfide) groups is 1. The van der Waals surface area contributed by atoms with Gasteiger partial charge < -0.3 is 15.6 Å². The number of hydrogen-bond donors (Lipinski definition) is 2. The van der Waals surface area contributed by atoms with E-state index in [9.17, 15) is 9.59 Å². The maximum atomic E-state index is 12.6. The molecule has 144 valence electrons. The van der Waals surface area contributed by atoms with Gasteiger partial charge in [0, 0.05) is 25.4 Å². The Labute approximate surface area is 163 Å². The quantitative estimate of drug-likeness (QED) is 0.609. The molecule has 2 amide bonds. The van der Waals surface area contributed by atoms with Crippen LogP contribution in [0, 0.1) is 0 Å². The predicted octanol–water partition coefficient (Wildman–Crippen LogP) is 2.22. The molecule has 0 bridgehead atoms. The van der Waals surface area contributed by atoms with Crippen molar-refractivity contribution in [2.24, 2.45) is 5.73 Å². The van der Waals surface area contributed by atoms with Crippen LogP contribution in [0.1, 0.15) is 49.9 Å². The van der Waals surface area contributed by atoms with Crippen molar-refractivity contribution in [3.63, 3.8) is 0 Å². The van der Waals surface area contributed by atoms with Gasteiger partial charge in [0.25, 0.3) is 0 Å². The Morgan fingerprint density at radius 3 is 2.67 bits per heavy atom. The van der Waals surface area contributed by atoms with Gasteiger partial charge in [0.05, 0.1) is 5.25 Å². The van der Waals surface area contributed by atoms with Gasteiger partial charge in [0.2, 0.25) is 11.8 Å². The predicted molar refractivity (Wildman–Crippen MR) is 104 cm³/mol. The Bertz CT molecular complexity index is 789. The lowest BCUT2D eigenvalue weighted by Gasteiger charge is -2.15. The maximum absolute atomic E-state index is 12.6. The van der Waals surface area contributed by atoms with Gasteiger partial charge in [-0.25, -0.2) is 0 Å². The van der Waals surface area contributed by atoms with Crippen LogP contribution in [0.15, 0.2) is 35.5 Å². The summed E-state index contributed by atoms with van der Waals surface area (Å²) >= 11 is 1.40. The first-order chi connectivity index (χ1) is 13.1. The summed E-state index contributed by atoms with van der Waals surface area (Å²) in [5.74, 6) is 0.933. The molecule has 1 aromatic heterocycles. The molecule has 0 saturated heterocycles. The molecule has 1 heterocycles. The molecular weight excluding hydrogens is 362 g/mol. The third-order valence-corrected chi connectivity index (χ3v) is 5.84. The molecule has 1 fully saturated rings. The van der Waals surface area contributed by atoms with Gasteiger partial charge in [0.1, 0.15) is 5.82 Å². The van der Waals surface area contributed by atoms with Gasteiger partial charge in [-0.05, 0) is 24.8 Å². The summed E-state index contributed by atoms with van der Waals surface area (Å²) < 4.78 is 1.96. The second-order valence-corrected chi connectivity index (χ2v) is 7.87. The molecule has 0 spiro atoms. The van der Waals surface area contributed by atoms with E-state index in [4.69, 9.17) is 5.73 Å². The summed E-state index contributed by atoms with van der Waals surface area (Å²) in [7, 11) is 0. The molecular formula is C19H25N5O2S. The van der Waals surface area contributed by atoms with E-state index in [0.29, 0.717) is 30.6 Å². The van der Waals surface area contributed by atoms with Crippen LogP contribution in [0.25, 0.3) is 0 Å². The number of carbonyl (C=O) groups excluding carboxylic acids is 2. The topological polar surface area (TPSA) is 103 Å². The minimum Gasteiger partial charge on any atom is -0.370 e. The van der Waals surface area contributed by atoms with Gasteiger partial charge in [-0.1, -0.05) is 49.0 Å². The van der Waals surface area contributed by atoms with Crippen LogP contribution in [0.3, 0.4) is 0 Å². The van der Waals surface area contributed by atoms with Crippen LogP contribution in [0.4, 0.5) is 0 Å². The first-order valence-corrected chi connectivity index (χ1v) is 10.2. The minimum absolute atomic E-state index is 0.0243.